The Kier molecular flexibility index (Phi) is 4.64. The van der Waals surface area contributed by atoms with Gasteiger partial charge in [-0.2, -0.15) is 0 Å². The fourth-order valence-corrected chi connectivity index (χ4v) is 5.02. The molecule has 1 aromatic rings. The number of piperidine rings is 1. The highest BCUT2D eigenvalue weighted by atomic mass is 32.1. The van der Waals surface area contributed by atoms with Gasteiger partial charge in [0.1, 0.15) is 5.01 Å². The lowest BCUT2D eigenvalue weighted by molar-refractivity contribution is -0.132. The van der Waals surface area contributed by atoms with Crippen molar-refractivity contribution in [2.75, 3.05) is 19.7 Å². The van der Waals surface area contributed by atoms with E-state index in [1.165, 1.54) is 12.8 Å². The molecule has 0 unspecified atom stereocenters. The monoisotopic (exact) mass is 335 g/mol. The zero-order valence-electron chi connectivity index (χ0n) is 13.4. The molecule has 23 heavy (non-hydrogen) atoms. The number of carbonyl (C=O) groups is 1. The lowest BCUT2D eigenvalue weighted by atomic mass is 9.82. The van der Waals surface area contributed by atoms with Crippen molar-refractivity contribution in [1.82, 2.24) is 15.2 Å². The summed E-state index contributed by atoms with van der Waals surface area (Å²) in [5.74, 6) is 0.710. The van der Waals surface area contributed by atoms with Gasteiger partial charge in [0.15, 0.2) is 0 Å². The second-order valence-corrected chi connectivity index (χ2v) is 8.06. The highest BCUT2D eigenvalue weighted by Gasteiger charge is 2.44. The molecular weight excluding hydrogens is 310 g/mol. The Balaban J connectivity index is 1.43. The molecule has 2 saturated heterocycles. The number of nitrogens with one attached hydrogen (secondary N) is 1. The maximum absolute atomic E-state index is 12.8. The summed E-state index contributed by atoms with van der Waals surface area (Å²) in [4.78, 5) is 19.6. The predicted octanol–water partition coefficient (Wildman–Crippen LogP) is 2.04. The molecule has 3 atom stereocenters. The number of fused-ring (bicyclic) bond motifs is 1. The number of likely N-dealkylation sites (tertiary alicyclic amines) is 1. The Hall–Kier alpha value is -0.980. The van der Waals surface area contributed by atoms with Crippen LogP contribution in [0.3, 0.4) is 0 Å². The standard InChI is InChI=1S/C17H25N3O2S/c21-17(19-12-3-1-2-4-12)14-9-20(11-16-18-6-8-23-16)10-15-13(14)5-7-22-15/h6,8,12-15H,1-5,7,9-11H2,(H,19,21)/t13-,14-,15+/m0/s1. The molecule has 3 aliphatic rings. The fraction of sp³-hybridized carbons (Fsp3) is 0.765. The highest BCUT2D eigenvalue weighted by molar-refractivity contribution is 7.09. The van der Waals surface area contributed by atoms with E-state index in [0.717, 1.165) is 50.5 Å². The van der Waals surface area contributed by atoms with Gasteiger partial charge >= 0.3 is 0 Å². The molecule has 0 bridgehead atoms. The van der Waals surface area contributed by atoms with Crippen LogP contribution in [0, 0.1) is 11.8 Å². The van der Waals surface area contributed by atoms with Crippen LogP contribution < -0.4 is 5.32 Å². The molecule has 0 radical (unpaired) electrons. The number of nitrogens with zero attached hydrogens (tertiary/aromatic N) is 2. The second-order valence-electron chi connectivity index (χ2n) is 7.08. The van der Waals surface area contributed by atoms with E-state index >= 15 is 0 Å². The average molecular weight is 335 g/mol. The Labute approximate surface area is 141 Å². The summed E-state index contributed by atoms with van der Waals surface area (Å²) in [6, 6.07) is 0.401. The second kappa shape index (κ2) is 6.87. The third kappa shape index (κ3) is 3.44. The van der Waals surface area contributed by atoms with Crippen LogP contribution in [0.2, 0.25) is 0 Å². The topological polar surface area (TPSA) is 54.5 Å². The fourth-order valence-electron chi connectivity index (χ4n) is 4.36. The van der Waals surface area contributed by atoms with Gasteiger partial charge in [-0.15, -0.1) is 11.3 Å². The summed E-state index contributed by atoms with van der Waals surface area (Å²) < 4.78 is 5.92. The number of aromatic nitrogens is 1. The number of ether oxygens (including phenoxy) is 1. The van der Waals surface area contributed by atoms with Gasteiger partial charge in [0.05, 0.1) is 18.6 Å². The van der Waals surface area contributed by atoms with Crippen LogP contribution >= 0.6 is 11.3 Å². The van der Waals surface area contributed by atoms with E-state index in [-0.39, 0.29) is 17.9 Å². The summed E-state index contributed by atoms with van der Waals surface area (Å²) in [6.45, 7) is 3.39. The summed E-state index contributed by atoms with van der Waals surface area (Å²) in [6.07, 6.45) is 7.88. The van der Waals surface area contributed by atoms with E-state index in [0.29, 0.717) is 12.0 Å². The lowest BCUT2D eigenvalue weighted by Crippen LogP contribution is -2.53. The van der Waals surface area contributed by atoms with Crippen LogP contribution in [0.4, 0.5) is 0 Å². The smallest absolute Gasteiger partial charge is 0.225 e. The van der Waals surface area contributed by atoms with Crippen molar-refractivity contribution >= 4 is 17.2 Å². The third-order valence-electron chi connectivity index (χ3n) is 5.55. The number of hydrogen-bond acceptors (Lipinski definition) is 5. The molecule has 126 valence electrons. The zero-order valence-corrected chi connectivity index (χ0v) is 14.3. The van der Waals surface area contributed by atoms with Crippen molar-refractivity contribution in [3.8, 4) is 0 Å². The van der Waals surface area contributed by atoms with Crippen LogP contribution in [-0.2, 0) is 16.1 Å². The first-order valence-electron chi connectivity index (χ1n) is 8.82. The first-order chi connectivity index (χ1) is 11.3. The van der Waals surface area contributed by atoms with E-state index in [9.17, 15) is 4.79 Å². The van der Waals surface area contributed by atoms with Gasteiger partial charge in [-0.25, -0.2) is 4.98 Å². The normalized spacial score (nSPS) is 32.1. The maximum Gasteiger partial charge on any atom is 0.225 e. The quantitative estimate of drug-likeness (QED) is 0.915. The maximum atomic E-state index is 12.8. The Morgan fingerprint density at radius 1 is 1.35 bits per heavy atom. The van der Waals surface area contributed by atoms with Crippen LogP contribution in [0.5, 0.6) is 0 Å². The lowest BCUT2D eigenvalue weighted by Gasteiger charge is -2.39. The van der Waals surface area contributed by atoms with Crippen molar-refractivity contribution in [2.24, 2.45) is 11.8 Å². The van der Waals surface area contributed by atoms with Crippen molar-refractivity contribution in [3.63, 3.8) is 0 Å². The average Bonchev–Trinajstić information content (AvgIpc) is 3.28. The largest absolute Gasteiger partial charge is 0.377 e. The van der Waals surface area contributed by atoms with Crippen molar-refractivity contribution in [2.45, 2.75) is 50.8 Å². The summed E-state index contributed by atoms with van der Waals surface area (Å²) in [7, 11) is 0. The van der Waals surface area contributed by atoms with Gasteiger partial charge in [0.25, 0.3) is 0 Å². The zero-order chi connectivity index (χ0) is 15.6. The first kappa shape index (κ1) is 15.5. The van der Waals surface area contributed by atoms with Crippen molar-refractivity contribution in [1.29, 1.82) is 0 Å². The van der Waals surface area contributed by atoms with Crippen LogP contribution in [0.1, 0.15) is 37.1 Å². The van der Waals surface area contributed by atoms with Gasteiger partial charge in [-0.05, 0) is 19.3 Å². The van der Waals surface area contributed by atoms with E-state index in [2.05, 4.69) is 15.2 Å². The Morgan fingerprint density at radius 3 is 3.00 bits per heavy atom. The predicted molar refractivity (Wildman–Crippen MR) is 89.1 cm³/mol. The van der Waals surface area contributed by atoms with Crippen molar-refractivity contribution in [3.05, 3.63) is 16.6 Å². The Bertz CT molecular complexity index is 530. The van der Waals surface area contributed by atoms with E-state index in [1.807, 2.05) is 11.6 Å². The molecule has 0 spiro atoms. The van der Waals surface area contributed by atoms with Gasteiger partial charge in [0, 0.05) is 43.2 Å². The van der Waals surface area contributed by atoms with Crippen LogP contribution in [0.15, 0.2) is 11.6 Å². The minimum absolute atomic E-state index is 0.0665. The number of carbonyl (C=O) groups excluding carboxylic acids is 1. The number of hydrogen-bond donors (Lipinski definition) is 1. The molecule has 3 heterocycles. The molecule has 1 saturated carbocycles. The molecule has 0 aromatic carbocycles. The van der Waals surface area contributed by atoms with E-state index in [1.54, 1.807) is 11.3 Å². The molecule has 1 aliphatic carbocycles. The third-order valence-corrected chi connectivity index (χ3v) is 6.32. The molecule has 1 amide bonds. The van der Waals surface area contributed by atoms with Crippen LogP contribution in [-0.4, -0.2) is 47.6 Å². The van der Waals surface area contributed by atoms with Crippen molar-refractivity contribution < 1.29 is 9.53 Å². The molecule has 6 heteroatoms. The number of thiazole rings is 1. The van der Waals surface area contributed by atoms with Gasteiger partial charge in [-0.3, -0.25) is 9.69 Å². The molecule has 5 nitrogen and oxygen atoms in total. The van der Waals surface area contributed by atoms with Gasteiger partial charge in [0.2, 0.25) is 5.91 Å². The van der Waals surface area contributed by atoms with E-state index in [4.69, 9.17) is 4.74 Å². The summed E-state index contributed by atoms with van der Waals surface area (Å²) in [5.41, 5.74) is 0. The molecule has 2 aliphatic heterocycles. The SMILES string of the molecule is O=C(NC1CCCC1)[C@H]1CN(Cc2nccs2)C[C@H]2OCC[C@@H]12. The molecule has 3 fully saturated rings. The highest BCUT2D eigenvalue weighted by Crippen LogP contribution is 2.35. The summed E-state index contributed by atoms with van der Waals surface area (Å²) in [5, 5.41) is 6.44. The minimum atomic E-state index is 0.0665. The van der Waals surface area contributed by atoms with Gasteiger partial charge in [-0.1, -0.05) is 12.8 Å². The number of amides is 1. The van der Waals surface area contributed by atoms with Crippen LogP contribution in [0.25, 0.3) is 0 Å². The number of rotatable bonds is 4. The summed E-state index contributed by atoms with van der Waals surface area (Å²) >= 11 is 1.68. The first-order valence-corrected chi connectivity index (χ1v) is 9.70. The van der Waals surface area contributed by atoms with Gasteiger partial charge < -0.3 is 10.1 Å². The van der Waals surface area contributed by atoms with E-state index < -0.39 is 0 Å². The minimum Gasteiger partial charge on any atom is -0.377 e. The Morgan fingerprint density at radius 2 is 2.22 bits per heavy atom. The molecule has 4 rings (SSSR count). The molecular formula is C17H25N3O2S. The molecule has 1 aromatic heterocycles. The molecule has 1 N–H and O–H groups in total.